The van der Waals surface area contributed by atoms with Crippen LogP contribution >= 0.6 is 0 Å². The highest BCUT2D eigenvalue weighted by atomic mass is 32.2. The summed E-state index contributed by atoms with van der Waals surface area (Å²) in [6.45, 7) is 2.27. The van der Waals surface area contributed by atoms with Crippen LogP contribution in [0.2, 0.25) is 0 Å². The van der Waals surface area contributed by atoms with E-state index in [-0.39, 0.29) is 35.4 Å². The molecule has 3 aromatic rings. The fourth-order valence-corrected chi connectivity index (χ4v) is 6.05. The lowest BCUT2D eigenvalue weighted by Gasteiger charge is -2.32. The van der Waals surface area contributed by atoms with E-state index in [1.54, 1.807) is 18.3 Å². The average molecular weight is 609 g/mol. The number of aromatic nitrogens is 5. The van der Waals surface area contributed by atoms with E-state index in [2.05, 4.69) is 41.4 Å². The minimum Gasteiger partial charge on any atom is -0.477 e. The highest BCUT2D eigenvalue weighted by Crippen LogP contribution is 2.38. The molecule has 6 rings (SSSR count). The molecular weight excluding hydrogens is 572 g/mol. The van der Waals surface area contributed by atoms with Gasteiger partial charge in [0.05, 0.1) is 29.7 Å². The number of aromatic amines is 1. The molecule has 43 heavy (non-hydrogen) atoms. The largest absolute Gasteiger partial charge is 0.477 e. The van der Waals surface area contributed by atoms with Crippen LogP contribution in [0, 0.1) is 29.1 Å². The molecule has 0 spiro atoms. The van der Waals surface area contributed by atoms with Crippen molar-refractivity contribution >= 4 is 32.6 Å². The van der Waals surface area contributed by atoms with Gasteiger partial charge < -0.3 is 19.7 Å². The fourth-order valence-electron chi connectivity index (χ4n) is 5.71. The fraction of sp³-hybridized carbons (Fsp3) is 0.586. The third-order valence-electron chi connectivity index (χ3n) is 8.60. The van der Waals surface area contributed by atoms with E-state index < -0.39 is 15.8 Å². The van der Waals surface area contributed by atoms with Gasteiger partial charge in [-0.25, -0.2) is 13.4 Å². The zero-order valence-corrected chi connectivity index (χ0v) is 25.0. The van der Waals surface area contributed by atoms with Crippen molar-refractivity contribution in [2.45, 2.75) is 50.9 Å². The Labute approximate surface area is 250 Å². The number of piperidine rings is 1. The van der Waals surface area contributed by atoms with Gasteiger partial charge in [0.15, 0.2) is 21.4 Å². The van der Waals surface area contributed by atoms with E-state index in [4.69, 9.17) is 14.7 Å². The van der Waals surface area contributed by atoms with Crippen molar-refractivity contribution in [2.75, 3.05) is 43.3 Å². The van der Waals surface area contributed by atoms with E-state index >= 15 is 0 Å². The molecule has 3 aliphatic rings. The minimum absolute atomic E-state index is 0.00235. The molecule has 0 aromatic carbocycles. The standard InChI is InChI=1S/C29H36N8O5S/c1-43(39,40)17-42-23-6-10-31-27-25(23)26(35-36-27)19-7-11-37(12-8-19)24-14-22(28(38)32-9-5-18-3-2-4-18)33-29(34-24)41-16-21-13-20(21)15-30/h6,10,14,18-21H,2-5,7-9,11-13,16-17H2,1H3,(H,32,38)(H,31,35,36)/t20-,21+/m0/s1. The molecule has 3 aromatic heterocycles. The van der Waals surface area contributed by atoms with Crippen LogP contribution in [-0.4, -0.2) is 77.9 Å². The van der Waals surface area contributed by atoms with Crippen molar-refractivity contribution < 1.29 is 22.7 Å². The number of nitrogens with one attached hydrogen (secondary N) is 2. The Bertz CT molecular complexity index is 1630. The van der Waals surface area contributed by atoms with Crippen LogP contribution in [-0.2, 0) is 9.84 Å². The zero-order chi connectivity index (χ0) is 30.0. The predicted octanol–water partition coefficient (Wildman–Crippen LogP) is 2.97. The van der Waals surface area contributed by atoms with Gasteiger partial charge in [-0.1, -0.05) is 19.3 Å². The molecule has 14 heteroatoms. The lowest BCUT2D eigenvalue weighted by Crippen LogP contribution is -2.34. The molecule has 228 valence electrons. The van der Waals surface area contributed by atoms with Crippen molar-refractivity contribution in [3.63, 3.8) is 0 Å². The number of hydrogen-bond donors (Lipinski definition) is 2. The molecule has 3 fully saturated rings. The number of rotatable bonds is 12. The lowest BCUT2D eigenvalue weighted by atomic mass is 9.83. The summed E-state index contributed by atoms with van der Waals surface area (Å²) in [6, 6.07) is 5.78. The summed E-state index contributed by atoms with van der Waals surface area (Å²) in [5.41, 5.74) is 1.60. The number of H-pyrrole nitrogens is 1. The third-order valence-corrected chi connectivity index (χ3v) is 9.15. The predicted molar refractivity (Wildman–Crippen MR) is 157 cm³/mol. The van der Waals surface area contributed by atoms with Crippen LogP contribution < -0.4 is 19.7 Å². The summed E-state index contributed by atoms with van der Waals surface area (Å²) in [5.74, 6) is 1.34. The zero-order valence-electron chi connectivity index (χ0n) is 24.2. The summed E-state index contributed by atoms with van der Waals surface area (Å²) < 4.78 is 34.9. The Kier molecular flexibility index (Phi) is 8.34. The van der Waals surface area contributed by atoms with E-state index in [9.17, 15) is 13.2 Å². The van der Waals surface area contributed by atoms with Gasteiger partial charge in [-0.2, -0.15) is 20.3 Å². The first kappa shape index (κ1) is 29.1. The first-order chi connectivity index (χ1) is 20.8. The molecule has 0 bridgehead atoms. The first-order valence-electron chi connectivity index (χ1n) is 14.9. The topological polar surface area (TPSA) is 176 Å². The van der Waals surface area contributed by atoms with Gasteiger partial charge in [0.25, 0.3) is 5.91 Å². The lowest BCUT2D eigenvalue weighted by molar-refractivity contribution is 0.0942. The number of ether oxygens (including phenoxy) is 2. The van der Waals surface area contributed by atoms with Crippen LogP contribution in [0.1, 0.15) is 67.0 Å². The maximum absolute atomic E-state index is 13.1. The quantitative estimate of drug-likeness (QED) is 0.309. The van der Waals surface area contributed by atoms with Crippen LogP contribution in [0.5, 0.6) is 11.8 Å². The Morgan fingerprint density at radius 1 is 1.21 bits per heavy atom. The van der Waals surface area contributed by atoms with Gasteiger partial charge in [-0.15, -0.1) is 0 Å². The van der Waals surface area contributed by atoms with Crippen LogP contribution in [0.3, 0.4) is 0 Å². The van der Waals surface area contributed by atoms with Crippen LogP contribution in [0.25, 0.3) is 11.0 Å². The monoisotopic (exact) mass is 608 g/mol. The minimum atomic E-state index is -3.33. The molecule has 13 nitrogen and oxygen atoms in total. The van der Waals surface area contributed by atoms with Gasteiger partial charge in [0.2, 0.25) is 0 Å². The molecule has 2 N–H and O–H groups in total. The number of fused-ring (bicyclic) bond motifs is 1. The number of carbonyl (C=O) groups is 1. The summed E-state index contributed by atoms with van der Waals surface area (Å²) in [5, 5.41) is 20.3. The molecular formula is C29H36N8O5S. The number of pyridine rings is 1. The van der Waals surface area contributed by atoms with E-state index in [1.165, 1.54) is 19.3 Å². The molecule has 0 unspecified atom stereocenters. The normalized spacial score (nSPS) is 20.8. The SMILES string of the molecule is CS(=O)(=O)COc1ccnc2n[nH]c(C3CCN(c4cc(C(=O)NCCC5CCC5)nc(OC[C@H]5C[C@H]5C#N)n4)CC3)c12. The smallest absolute Gasteiger partial charge is 0.319 e. The maximum Gasteiger partial charge on any atom is 0.319 e. The van der Waals surface area contributed by atoms with Crippen LogP contribution in [0.4, 0.5) is 5.82 Å². The number of anilines is 1. The second-order valence-corrected chi connectivity index (χ2v) is 14.0. The van der Waals surface area contributed by atoms with Crippen LogP contribution in [0.15, 0.2) is 18.3 Å². The first-order valence-corrected chi connectivity index (χ1v) is 16.9. The highest BCUT2D eigenvalue weighted by molar-refractivity contribution is 7.90. The molecule has 1 saturated heterocycles. The summed E-state index contributed by atoms with van der Waals surface area (Å²) in [7, 11) is -3.33. The van der Waals surface area contributed by atoms with Gasteiger partial charge in [0, 0.05) is 50.0 Å². The Hall–Kier alpha value is -3.99. The van der Waals surface area contributed by atoms with Gasteiger partial charge >= 0.3 is 6.01 Å². The molecule has 1 amide bonds. The van der Waals surface area contributed by atoms with Crippen molar-refractivity contribution in [3.8, 4) is 17.8 Å². The number of nitriles is 1. The summed E-state index contributed by atoms with van der Waals surface area (Å²) in [4.78, 5) is 28.5. The van der Waals surface area contributed by atoms with Crippen molar-refractivity contribution in [1.82, 2.24) is 30.5 Å². The molecule has 4 heterocycles. The van der Waals surface area contributed by atoms with E-state index in [0.29, 0.717) is 54.8 Å². The highest BCUT2D eigenvalue weighted by Gasteiger charge is 2.38. The van der Waals surface area contributed by atoms with E-state index in [1.807, 2.05) is 0 Å². The van der Waals surface area contributed by atoms with Gasteiger partial charge in [-0.05, 0) is 37.7 Å². The number of amides is 1. The molecule has 2 aliphatic carbocycles. The second-order valence-electron chi connectivity index (χ2n) is 11.9. The molecule has 1 aliphatic heterocycles. The van der Waals surface area contributed by atoms with E-state index in [0.717, 1.165) is 37.6 Å². The molecule has 2 saturated carbocycles. The number of sulfone groups is 1. The number of hydrogen-bond acceptors (Lipinski definition) is 11. The van der Waals surface area contributed by atoms with Gasteiger partial charge in [0.1, 0.15) is 17.3 Å². The Morgan fingerprint density at radius 3 is 2.72 bits per heavy atom. The van der Waals surface area contributed by atoms with Gasteiger partial charge in [-0.3, -0.25) is 9.89 Å². The Balaban J connectivity index is 1.16. The Morgan fingerprint density at radius 2 is 2.02 bits per heavy atom. The van der Waals surface area contributed by atoms with Crippen molar-refractivity contribution in [2.24, 2.45) is 17.8 Å². The number of nitrogens with zero attached hydrogens (tertiary/aromatic N) is 6. The van der Waals surface area contributed by atoms with Crippen molar-refractivity contribution in [1.29, 1.82) is 5.26 Å². The maximum atomic E-state index is 13.1. The summed E-state index contributed by atoms with van der Waals surface area (Å²) in [6.07, 6.45) is 9.68. The summed E-state index contributed by atoms with van der Waals surface area (Å²) >= 11 is 0. The molecule has 2 atom stereocenters. The molecule has 0 radical (unpaired) electrons. The average Bonchev–Trinajstić information content (AvgIpc) is 3.62. The van der Waals surface area contributed by atoms with Crippen molar-refractivity contribution in [3.05, 3.63) is 29.7 Å². The third kappa shape index (κ3) is 6.98. The second kappa shape index (κ2) is 12.3. The number of carbonyl (C=O) groups excluding carboxylic acids is 1.